The van der Waals surface area contributed by atoms with E-state index in [-0.39, 0.29) is 17.9 Å². The highest BCUT2D eigenvalue weighted by atomic mass is 16.3. The predicted octanol–water partition coefficient (Wildman–Crippen LogP) is 0.715. The molecule has 126 valence electrons. The van der Waals surface area contributed by atoms with Crippen LogP contribution in [0.5, 0.6) is 0 Å². The highest BCUT2D eigenvalue weighted by Gasteiger charge is 2.23. The highest BCUT2D eigenvalue weighted by Crippen LogP contribution is 2.23. The fourth-order valence-electron chi connectivity index (χ4n) is 3.21. The SMILES string of the molecule is CCNC(=NCCNC(=O)C1CCCCC1)N1CC[C@@H](O)C1. The van der Waals surface area contributed by atoms with E-state index >= 15 is 0 Å². The number of hydrogen-bond acceptors (Lipinski definition) is 3. The summed E-state index contributed by atoms with van der Waals surface area (Å²) >= 11 is 0. The molecule has 3 N–H and O–H groups in total. The van der Waals surface area contributed by atoms with Gasteiger partial charge in [0.15, 0.2) is 5.96 Å². The van der Waals surface area contributed by atoms with Gasteiger partial charge in [0.1, 0.15) is 0 Å². The van der Waals surface area contributed by atoms with Crippen LogP contribution in [0.3, 0.4) is 0 Å². The van der Waals surface area contributed by atoms with Crippen LogP contribution in [0.1, 0.15) is 45.4 Å². The zero-order chi connectivity index (χ0) is 15.8. The summed E-state index contributed by atoms with van der Waals surface area (Å²) in [4.78, 5) is 18.7. The van der Waals surface area contributed by atoms with Crippen molar-refractivity contribution in [3.05, 3.63) is 0 Å². The molecule has 1 amide bonds. The van der Waals surface area contributed by atoms with Gasteiger partial charge in [-0.05, 0) is 26.2 Å². The first-order chi connectivity index (χ1) is 10.7. The van der Waals surface area contributed by atoms with Crippen LogP contribution in [0.25, 0.3) is 0 Å². The Morgan fingerprint density at radius 2 is 2.00 bits per heavy atom. The van der Waals surface area contributed by atoms with Gasteiger partial charge in [-0.3, -0.25) is 9.79 Å². The third-order valence-electron chi connectivity index (χ3n) is 4.45. The van der Waals surface area contributed by atoms with E-state index in [1.165, 1.54) is 19.3 Å². The molecule has 6 nitrogen and oxygen atoms in total. The lowest BCUT2D eigenvalue weighted by atomic mass is 9.89. The largest absolute Gasteiger partial charge is 0.391 e. The summed E-state index contributed by atoms with van der Waals surface area (Å²) in [6.07, 6.45) is 6.23. The standard InChI is InChI=1S/C16H30N4O2/c1-2-17-16(20-11-8-14(21)12-20)19-10-9-18-15(22)13-6-4-3-5-7-13/h13-14,21H,2-12H2,1H3,(H,17,19)(H,18,22)/t14-/m1/s1. The maximum atomic E-state index is 12.0. The number of nitrogens with zero attached hydrogens (tertiary/aromatic N) is 2. The van der Waals surface area contributed by atoms with Gasteiger partial charge in [-0.15, -0.1) is 0 Å². The maximum Gasteiger partial charge on any atom is 0.223 e. The van der Waals surface area contributed by atoms with Gasteiger partial charge in [0.25, 0.3) is 0 Å². The fraction of sp³-hybridized carbons (Fsp3) is 0.875. The van der Waals surface area contributed by atoms with Crippen LogP contribution in [0, 0.1) is 5.92 Å². The van der Waals surface area contributed by atoms with Crippen LogP contribution < -0.4 is 10.6 Å². The number of hydrogen-bond donors (Lipinski definition) is 3. The van der Waals surface area contributed by atoms with Gasteiger partial charge in [-0.2, -0.15) is 0 Å². The Balaban J connectivity index is 1.72. The summed E-state index contributed by atoms with van der Waals surface area (Å²) in [5.41, 5.74) is 0. The second-order valence-corrected chi connectivity index (χ2v) is 6.25. The molecular weight excluding hydrogens is 280 g/mol. The smallest absolute Gasteiger partial charge is 0.223 e. The molecule has 1 aliphatic carbocycles. The van der Waals surface area contributed by atoms with Gasteiger partial charge < -0.3 is 20.6 Å². The molecule has 6 heteroatoms. The van der Waals surface area contributed by atoms with Crippen LogP contribution >= 0.6 is 0 Å². The van der Waals surface area contributed by atoms with E-state index in [0.717, 1.165) is 38.3 Å². The first-order valence-corrected chi connectivity index (χ1v) is 8.69. The number of β-amino-alcohol motifs (C(OH)–C–C–N with tert-alkyl or cyclic N) is 1. The average molecular weight is 310 g/mol. The van der Waals surface area contributed by atoms with Crippen LogP contribution in [-0.4, -0.2) is 60.7 Å². The number of aliphatic hydroxyl groups is 1. The minimum Gasteiger partial charge on any atom is -0.391 e. The Kier molecular flexibility index (Phi) is 6.96. The Labute approximate surface area is 133 Å². The molecule has 2 fully saturated rings. The number of rotatable bonds is 5. The summed E-state index contributed by atoms with van der Waals surface area (Å²) in [6.45, 7) is 5.47. The molecule has 1 atom stereocenters. The summed E-state index contributed by atoms with van der Waals surface area (Å²) in [7, 11) is 0. The van der Waals surface area contributed by atoms with E-state index in [1.54, 1.807) is 0 Å². The van der Waals surface area contributed by atoms with Crippen molar-refractivity contribution in [3.63, 3.8) is 0 Å². The van der Waals surface area contributed by atoms with Crippen molar-refractivity contribution in [1.82, 2.24) is 15.5 Å². The summed E-state index contributed by atoms with van der Waals surface area (Å²) in [5, 5.41) is 15.9. The van der Waals surface area contributed by atoms with Crippen molar-refractivity contribution in [2.75, 3.05) is 32.7 Å². The number of nitrogens with one attached hydrogen (secondary N) is 2. The summed E-state index contributed by atoms with van der Waals surface area (Å²) in [6, 6.07) is 0. The fourth-order valence-corrected chi connectivity index (χ4v) is 3.21. The first kappa shape index (κ1) is 17.1. The predicted molar refractivity (Wildman–Crippen MR) is 87.8 cm³/mol. The second kappa shape index (κ2) is 8.98. The van der Waals surface area contributed by atoms with Crippen LogP contribution in [-0.2, 0) is 4.79 Å². The number of guanidine groups is 1. The minimum absolute atomic E-state index is 0.191. The monoisotopic (exact) mass is 310 g/mol. The molecule has 22 heavy (non-hydrogen) atoms. The topological polar surface area (TPSA) is 77.0 Å². The lowest BCUT2D eigenvalue weighted by Crippen LogP contribution is -2.41. The molecule has 2 aliphatic rings. The van der Waals surface area contributed by atoms with Gasteiger partial charge in [-0.25, -0.2) is 0 Å². The van der Waals surface area contributed by atoms with Gasteiger partial charge in [0.2, 0.25) is 5.91 Å². The molecule has 1 heterocycles. The van der Waals surface area contributed by atoms with Gasteiger partial charge >= 0.3 is 0 Å². The molecule has 0 aromatic rings. The van der Waals surface area contributed by atoms with Crippen molar-refractivity contribution in [2.45, 2.75) is 51.6 Å². The Bertz CT molecular complexity index is 380. The van der Waals surface area contributed by atoms with E-state index in [4.69, 9.17) is 0 Å². The second-order valence-electron chi connectivity index (χ2n) is 6.25. The van der Waals surface area contributed by atoms with E-state index in [9.17, 15) is 9.90 Å². The molecule has 0 radical (unpaired) electrons. The molecule has 0 unspecified atom stereocenters. The summed E-state index contributed by atoms with van der Waals surface area (Å²) < 4.78 is 0. The highest BCUT2D eigenvalue weighted by molar-refractivity contribution is 5.80. The minimum atomic E-state index is -0.255. The Hall–Kier alpha value is -1.30. The van der Waals surface area contributed by atoms with Crippen molar-refractivity contribution >= 4 is 11.9 Å². The molecule has 0 spiro atoms. The molecule has 0 aromatic carbocycles. The van der Waals surface area contributed by atoms with Gasteiger partial charge in [0.05, 0.1) is 12.6 Å². The number of aliphatic hydroxyl groups excluding tert-OH is 1. The molecule has 1 saturated carbocycles. The Morgan fingerprint density at radius 1 is 1.23 bits per heavy atom. The third kappa shape index (κ3) is 5.16. The zero-order valence-corrected chi connectivity index (χ0v) is 13.7. The Morgan fingerprint density at radius 3 is 2.64 bits per heavy atom. The number of likely N-dealkylation sites (tertiary alicyclic amines) is 1. The van der Waals surface area contributed by atoms with Crippen LogP contribution in [0.2, 0.25) is 0 Å². The number of carbonyl (C=O) groups excluding carboxylic acids is 1. The average Bonchev–Trinajstić information content (AvgIpc) is 2.97. The van der Waals surface area contributed by atoms with Crippen molar-refractivity contribution in [2.24, 2.45) is 10.9 Å². The zero-order valence-electron chi connectivity index (χ0n) is 13.7. The van der Waals surface area contributed by atoms with Gasteiger partial charge in [-0.1, -0.05) is 19.3 Å². The lowest BCUT2D eigenvalue weighted by molar-refractivity contribution is -0.125. The van der Waals surface area contributed by atoms with E-state index < -0.39 is 0 Å². The molecule has 2 rings (SSSR count). The van der Waals surface area contributed by atoms with Crippen molar-refractivity contribution < 1.29 is 9.90 Å². The molecule has 0 bridgehead atoms. The van der Waals surface area contributed by atoms with E-state index in [2.05, 4.69) is 20.5 Å². The number of aliphatic imine (C=N–C) groups is 1. The van der Waals surface area contributed by atoms with Crippen molar-refractivity contribution in [1.29, 1.82) is 0 Å². The van der Waals surface area contributed by atoms with Crippen LogP contribution in [0.15, 0.2) is 4.99 Å². The number of amides is 1. The van der Waals surface area contributed by atoms with E-state index in [1.807, 2.05) is 6.92 Å². The van der Waals surface area contributed by atoms with Crippen molar-refractivity contribution in [3.8, 4) is 0 Å². The van der Waals surface area contributed by atoms with E-state index in [0.29, 0.717) is 19.6 Å². The third-order valence-corrected chi connectivity index (χ3v) is 4.45. The molecular formula is C16H30N4O2. The molecule has 1 aliphatic heterocycles. The number of carbonyl (C=O) groups is 1. The molecule has 0 aromatic heterocycles. The lowest BCUT2D eigenvalue weighted by Gasteiger charge is -2.22. The molecule has 1 saturated heterocycles. The summed E-state index contributed by atoms with van der Waals surface area (Å²) in [5.74, 6) is 1.24. The quantitative estimate of drug-likeness (QED) is 0.397. The maximum absolute atomic E-state index is 12.0. The first-order valence-electron chi connectivity index (χ1n) is 8.69. The normalized spacial score (nSPS) is 23.6. The van der Waals surface area contributed by atoms with Gasteiger partial charge in [0, 0.05) is 32.1 Å². The van der Waals surface area contributed by atoms with Crippen LogP contribution in [0.4, 0.5) is 0 Å².